The molecule has 0 bridgehead atoms. The van der Waals surface area contributed by atoms with Crippen LogP contribution in [0.4, 0.5) is 10.1 Å². The molecule has 94 valence electrons. The van der Waals surface area contributed by atoms with Gasteiger partial charge in [0.2, 0.25) is 0 Å². The van der Waals surface area contributed by atoms with Crippen LogP contribution in [-0.4, -0.2) is 12.2 Å². The minimum absolute atomic E-state index is 0.211. The molecule has 0 unspecified atom stereocenters. The maximum atomic E-state index is 13.4. The number of rotatable bonds is 4. The zero-order valence-electron chi connectivity index (χ0n) is 9.98. The first-order chi connectivity index (χ1) is 8.70. The smallest absolute Gasteiger partial charge is 0.167 e. The van der Waals surface area contributed by atoms with Crippen molar-refractivity contribution in [1.29, 1.82) is 0 Å². The van der Waals surface area contributed by atoms with Gasteiger partial charge in [0, 0.05) is 23.9 Å². The van der Waals surface area contributed by atoms with E-state index in [9.17, 15) is 9.50 Å². The van der Waals surface area contributed by atoms with Crippen LogP contribution in [0.2, 0.25) is 0 Å². The SMILES string of the molecule is COc1ccc(NCc2ccccc2O)cc1F. The van der Waals surface area contributed by atoms with Crippen molar-refractivity contribution in [3.63, 3.8) is 0 Å². The number of nitrogens with one attached hydrogen (secondary N) is 1. The van der Waals surface area contributed by atoms with Crippen molar-refractivity contribution in [2.75, 3.05) is 12.4 Å². The summed E-state index contributed by atoms with van der Waals surface area (Å²) in [5, 5.41) is 12.6. The Bertz CT molecular complexity index is 543. The van der Waals surface area contributed by atoms with E-state index >= 15 is 0 Å². The summed E-state index contributed by atoms with van der Waals surface area (Å²) in [6.45, 7) is 0.429. The highest BCUT2D eigenvalue weighted by Crippen LogP contribution is 2.22. The second kappa shape index (κ2) is 5.40. The van der Waals surface area contributed by atoms with E-state index in [0.29, 0.717) is 12.2 Å². The van der Waals surface area contributed by atoms with Gasteiger partial charge in [0.15, 0.2) is 11.6 Å². The highest BCUT2D eigenvalue weighted by atomic mass is 19.1. The number of hydrogen-bond donors (Lipinski definition) is 2. The van der Waals surface area contributed by atoms with Gasteiger partial charge in [-0.15, -0.1) is 0 Å². The number of anilines is 1. The molecule has 0 amide bonds. The highest BCUT2D eigenvalue weighted by molar-refractivity contribution is 5.48. The molecule has 3 nitrogen and oxygen atoms in total. The first-order valence-electron chi connectivity index (χ1n) is 5.55. The van der Waals surface area contributed by atoms with Crippen LogP contribution in [0.1, 0.15) is 5.56 Å². The number of methoxy groups -OCH3 is 1. The van der Waals surface area contributed by atoms with Crippen LogP contribution in [0.5, 0.6) is 11.5 Å². The van der Waals surface area contributed by atoms with E-state index in [4.69, 9.17) is 4.74 Å². The number of para-hydroxylation sites is 1. The zero-order chi connectivity index (χ0) is 13.0. The van der Waals surface area contributed by atoms with E-state index < -0.39 is 5.82 Å². The minimum Gasteiger partial charge on any atom is -0.508 e. The summed E-state index contributed by atoms with van der Waals surface area (Å²) < 4.78 is 18.3. The Kier molecular flexibility index (Phi) is 3.67. The van der Waals surface area contributed by atoms with E-state index in [1.54, 1.807) is 24.3 Å². The van der Waals surface area contributed by atoms with Crippen LogP contribution in [0.25, 0.3) is 0 Å². The first kappa shape index (κ1) is 12.2. The maximum Gasteiger partial charge on any atom is 0.167 e. The first-order valence-corrected chi connectivity index (χ1v) is 5.55. The Labute approximate surface area is 105 Å². The van der Waals surface area contributed by atoms with E-state index in [2.05, 4.69) is 5.32 Å². The number of halogens is 1. The monoisotopic (exact) mass is 247 g/mol. The molecule has 0 saturated carbocycles. The van der Waals surface area contributed by atoms with Crippen LogP contribution >= 0.6 is 0 Å². The largest absolute Gasteiger partial charge is 0.508 e. The highest BCUT2D eigenvalue weighted by Gasteiger charge is 2.04. The summed E-state index contributed by atoms with van der Waals surface area (Å²) in [6, 6.07) is 11.7. The number of aromatic hydroxyl groups is 1. The summed E-state index contributed by atoms with van der Waals surface area (Å²) in [6.07, 6.45) is 0. The molecule has 0 aliphatic carbocycles. The summed E-state index contributed by atoms with van der Waals surface area (Å²) in [4.78, 5) is 0. The second-order valence-electron chi connectivity index (χ2n) is 3.83. The van der Waals surface area contributed by atoms with Crippen molar-refractivity contribution in [2.24, 2.45) is 0 Å². The Morgan fingerprint density at radius 1 is 1.22 bits per heavy atom. The molecular weight excluding hydrogens is 233 g/mol. The van der Waals surface area contributed by atoms with Crippen LogP contribution in [-0.2, 0) is 6.54 Å². The fraction of sp³-hybridized carbons (Fsp3) is 0.143. The summed E-state index contributed by atoms with van der Waals surface area (Å²) in [5.41, 5.74) is 1.39. The molecule has 2 aromatic rings. The van der Waals surface area contributed by atoms with Crippen molar-refractivity contribution in [3.8, 4) is 11.5 Å². The van der Waals surface area contributed by atoms with Crippen molar-refractivity contribution in [3.05, 3.63) is 53.8 Å². The molecule has 0 fully saturated rings. The lowest BCUT2D eigenvalue weighted by Gasteiger charge is -2.09. The van der Waals surface area contributed by atoms with Gasteiger partial charge in [0.25, 0.3) is 0 Å². The normalized spacial score (nSPS) is 10.1. The fourth-order valence-electron chi connectivity index (χ4n) is 1.63. The summed E-state index contributed by atoms with van der Waals surface area (Å²) in [5.74, 6) is 0.0156. The van der Waals surface area contributed by atoms with Gasteiger partial charge in [-0.25, -0.2) is 4.39 Å². The number of ether oxygens (including phenoxy) is 1. The van der Waals surface area contributed by atoms with Gasteiger partial charge in [-0.05, 0) is 18.2 Å². The Balaban J connectivity index is 2.07. The Morgan fingerprint density at radius 3 is 2.67 bits per heavy atom. The minimum atomic E-state index is -0.417. The van der Waals surface area contributed by atoms with Crippen LogP contribution < -0.4 is 10.1 Å². The third-order valence-electron chi connectivity index (χ3n) is 2.63. The standard InChI is InChI=1S/C14H14FNO2/c1-18-14-7-6-11(8-12(14)15)16-9-10-4-2-3-5-13(10)17/h2-8,16-17H,9H2,1H3. The van der Waals surface area contributed by atoms with Gasteiger partial charge < -0.3 is 15.2 Å². The van der Waals surface area contributed by atoms with Crippen molar-refractivity contribution in [2.45, 2.75) is 6.54 Å². The Morgan fingerprint density at radius 2 is 2.00 bits per heavy atom. The summed E-state index contributed by atoms with van der Waals surface area (Å²) in [7, 11) is 1.42. The van der Waals surface area contributed by atoms with E-state index in [0.717, 1.165) is 5.56 Å². The number of hydrogen-bond acceptors (Lipinski definition) is 3. The molecule has 0 aromatic heterocycles. The number of benzene rings is 2. The lowest BCUT2D eigenvalue weighted by molar-refractivity contribution is 0.386. The molecule has 2 aromatic carbocycles. The molecule has 0 radical (unpaired) electrons. The van der Waals surface area contributed by atoms with Gasteiger partial charge in [-0.3, -0.25) is 0 Å². The van der Waals surface area contributed by atoms with Gasteiger partial charge >= 0.3 is 0 Å². The van der Waals surface area contributed by atoms with Crippen LogP contribution in [0, 0.1) is 5.82 Å². The second-order valence-corrected chi connectivity index (χ2v) is 3.83. The summed E-state index contributed by atoms with van der Waals surface area (Å²) >= 11 is 0. The molecule has 0 saturated heterocycles. The van der Waals surface area contributed by atoms with E-state index in [-0.39, 0.29) is 11.5 Å². The quantitative estimate of drug-likeness (QED) is 0.872. The number of phenolic OH excluding ortho intramolecular Hbond substituents is 1. The average Bonchev–Trinajstić information content (AvgIpc) is 2.38. The molecule has 0 atom stereocenters. The average molecular weight is 247 g/mol. The molecule has 2 rings (SSSR count). The van der Waals surface area contributed by atoms with E-state index in [1.807, 2.05) is 12.1 Å². The molecule has 0 aliphatic rings. The lowest BCUT2D eigenvalue weighted by atomic mass is 10.2. The van der Waals surface area contributed by atoms with Crippen molar-refractivity contribution in [1.82, 2.24) is 0 Å². The maximum absolute atomic E-state index is 13.4. The molecule has 0 aliphatic heterocycles. The lowest BCUT2D eigenvalue weighted by Crippen LogP contribution is -2.00. The van der Waals surface area contributed by atoms with E-state index in [1.165, 1.54) is 13.2 Å². The predicted molar refractivity (Wildman–Crippen MR) is 68.4 cm³/mol. The zero-order valence-corrected chi connectivity index (χ0v) is 9.98. The molecular formula is C14H14FNO2. The molecule has 2 N–H and O–H groups in total. The van der Waals surface area contributed by atoms with Crippen LogP contribution in [0.3, 0.4) is 0 Å². The topological polar surface area (TPSA) is 41.5 Å². The van der Waals surface area contributed by atoms with Gasteiger partial charge in [0.1, 0.15) is 5.75 Å². The third-order valence-corrected chi connectivity index (χ3v) is 2.63. The molecule has 4 heteroatoms. The molecule has 0 heterocycles. The molecule has 0 spiro atoms. The molecule has 18 heavy (non-hydrogen) atoms. The predicted octanol–water partition coefficient (Wildman–Crippen LogP) is 3.15. The number of phenols is 1. The van der Waals surface area contributed by atoms with Crippen LogP contribution in [0.15, 0.2) is 42.5 Å². The van der Waals surface area contributed by atoms with Gasteiger partial charge in [0.05, 0.1) is 7.11 Å². The van der Waals surface area contributed by atoms with Crippen molar-refractivity contribution < 1.29 is 14.2 Å². The fourth-order valence-corrected chi connectivity index (χ4v) is 1.63. The third kappa shape index (κ3) is 2.71. The van der Waals surface area contributed by atoms with Crippen molar-refractivity contribution >= 4 is 5.69 Å². The Hall–Kier alpha value is -2.23. The van der Waals surface area contributed by atoms with Gasteiger partial charge in [-0.1, -0.05) is 18.2 Å². The van der Waals surface area contributed by atoms with Gasteiger partial charge in [-0.2, -0.15) is 0 Å².